The lowest BCUT2D eigenvalue weighted by Crippen LogP contribution is -2.32. The molecule has 3 N–H and O–H groups in total. The van der Waals surface area contributed by atoms with Gasteiger partial charge in [-0.05, 0) is 66.7 Å². The molecular weight excluding hydrogens is 485 g/mol. The van der Waals surface area contributed by atoms with Gasteiger partial charge in [0.2, 0.25) is 0 Å². The highest BCUT2D eigenvalue weighted by Gasteiger charge is 2.34. The number of anilines is 2. The molecule has 0 saturated carbocycles. The van der Waals surface area contributed by atoms with Crippen molar-refractivity contribution in [2.24, 2.45) is 0 Å². The predicted molar refractivity (Wildman–Crippen MR) is 126 cm³/mol. The fourth-order valence-electron chi connectivity index (χ4n) is 3.51. The first-order valence-corrected chi connectivity index (χ1v) is 10.6. The van der Waals surface area contributed by atoms with E-state index in [2.05, 4.69) is 10.6 Å². The van der Waals surface area contributed by atoms with E-state index in [1.165, 1.54) is 0 Å². The molecule has 180 valence electrons. The Bertz CT molecular complexity index is 1420. The smallest absolute Gasteiger partial charge is 0.355 e. The van der Waals surface area contributed by atoms with Crippen molar-refractivity contribution >= 4 is 45.8 Å². The van der Waals surface area contributed by atoms with E-state index in [9.17, 15) is 28.0 Å². The maximum atomic E-state index is 13.1. The van der Waals surface area contributed by atoms with Crippen LogP contribution in [-0.4, -0.2) is 28.8 Å². The van der Waals surface area contributed by atoms with Crippen LogP contribution in [0.1, 0.15) is 15.9 Å². The third kappa shape index (κ3) is 4.93. The van der Waals surface area contributed by atoms with Crippen molar-refractivity contribution in [3.05, 3.63) is 89.1 Å². The standard InChI is InChI=1S/C24H18ClF3N4O3/c1-29-22(33)15-2-9-21-14(12-15)10-11-31(21)17-5-3-16(4-6-17)30-23(34)32(35)18-7-8-20(25)19(13-18)24(26,27)28/h2-13,35H,1H3,(H,29,33)(H,30,34). The minimum absolute atomic E-state index is 0.0724. The van der Waals surface area contributed by atoms with Crippen LogP contribution in [0.15, 0.2) is 72.9 Å². The molecular formula is C24H18ClF3N4O3. The van der Waals surface area contributed by atoms with Gasteiger partial charge in [0.15, 0.2) is 0 Å². The van der Waals surface area contributed by atoms with Crippen molar-refractivity contribution in [2.45, 2.75) is 6.18 Å². The summed E-state index contributed by atoms with van der Waals surface area (Å²) < 4.78 is 41.1. The molecule has 0 unspecified atom stereocenters. The number of benzene rings is 3. The Hall–Kier alpha value is -4.02. The van der Waals surface area contributed by atoms with E-state index in [0.717, 1.165) is 28.7 Å². The maximum absolute atomic E-state index is 13.1. The van der Waals surface area contributed by atoms with Crippen LogP contribution in [0.25, 0.3) is 16.6 Å². The number of urea groups is 1. The quantitative estimate of drug-likeness (QED) is 0.233. The molecule has 0 fully saturated rings. The third-order valence-electron chi connectivity index (χ3n) is 5.27. The van der Waals surface area contributed by atoms with Gasteiger partial charge in [-0.25, -0.2) is 4.79 Å². The first-order valence-electron chi connectivity index (χ1n) is 10.2. The summed E-state index contributed by atoms with van der Waals surface area (Å²) in [4.78, 5) is 24.2. The van der Waals surface area contributed by atoms with Gasteiger partial charge in [0.1, 0.15) is 0 Å². The van der Waals surface area contributed by atoms with Gasteiger partial charge < -0.3 is 15.2 Å². The highest BCUT2D eigenvalue weighted by atomic mass is 35.5. The van der Waals surface area contributed by atoms with Gasteiger partial charge in [-0.3, -0.25) is 10.0 Å². The molecule has 0 atom stereocenters. The molecule has 7 nitrogen and oxygen atoms in total. The number of nitrogens with zero attached hydrogens (tertiary/aromatic N) is 2. The second-order valence-corrected chi connectivity index (χ2v) is 7.90. The normalized spacial score (nSPS) is 11.4. The van der Waals surface area contributed by atoms with E-state index >= 15 is 0 Å². The van der Waals surface area contributed by atoms with Crippen LogP contribution in [0.5, 0.6) is 0 Å². The minimum atomic E-state index is -4.74. The van der Waals surface area contributed by atoms with Crippen LogP contribution in [0, 0.1) is 0 Å². The Morgan fingerprint density at radius 2 is 1.71 bits per heavy atom. The fourth-order valence-corrected chi connectivity index (χ4v) is 3.74. The zero-order valence-corrected chi connectivity index (χ0v) is 18.9. The van der Waals surface area contributed by atoms with E-state index in [1.807, 2.05) is 22.9 Å². The lowest BCUT2D eigenvalue weighted by atomic mass is 10.1. The average Bonchev–Trinajstić information content (AvgIpc) is 3.26. The van der Waals surface area contributed by atoms with Crippen LogP contribution in [-0.2, 0) is 6.18 Å². The molecule has 1 heterocycles. The lowest BCUT2D eigenvalue weighted by molar-refractivity contribution is -0.137. The monoisotopic (exact) mass is 502 g/mol. The Labute approximate surface area is 202 Å². The number of rotatable bonds is 4. The summed E-state index contributed by atoms with van der Waals surface area (Å²) in [5, 5.41) is 15.5. The molecule has 0 saturated heterocycles. The zero-order chi connectivity index (χ0) is 25.3. The third-order valence-corrected chi connectivity index (χ3v) is 5.60. The van der Waals surface area contributed by atoms with Gasteiger partial charge in [-0.1, -0.05) is 11.6 Å². The topological polar surface area (TPSA) is 86.6 Å². The molecule has 0 aliphatic rings. The summed E-state index contributed by atoms with van der Waals surface area (Å²) in [7, 11) is 1.56. The molecule has 4 aromatic rings. The Morgan fingerprint density at radius 3 is 2.37 bits per heavy atom. The second kappa shape index (κ2) is 9.32. The van der Waals surface area contributed by atoms with Gasteiger partial charge >= 0.3 is 12.2 Å². The van der Waals surface area contributed by atoms with Crippen LogP contribution < -0.4 is 15.7 Å². The number of halogens is 4. The van der Waals surface area contributed by atoms with Crippen LogP contribution in [0.4, 0.5) is 29.3 Å². The summed E-state index contributed by atoms with van der Waals surface area (Å²) in [6.07, 6.45) is -2.91. The van der Waals surface area contributed by atoms with Crippen LogP contribution >= 0.6 is 11.6 Å². The summed E-state index contributed by atoms with van der Waals surface area (Å²) in [5.74, 6) is -0.189. The van der Waals surface area contributed by atoms with Crippen molar-refractivity contribution in [1.82, 2.24) is 9.88 Å². The summed E-state index contributed by atoms with van der Waals surface area (Å²) in [5.41, 5.74) is 0.895. The van der Waals surface area contributed by atoms with E-state index in [-0.39, 0.29) is 11.0 Å². The van der Waals surface area contributed by atoms with Crippen LogP contribution in [0.2, 0.25) is 5.02 Å². The summed E-state index contributed by atoms with van der Waals surface area (Å²) >= 11 is 5.58. The molecule has 3 aromatic carbocycles. The predicted octanol–water partition coefficient (Wildman–Crippen LogP) is 6.09. The lowest BCUT2D eigenvalue weighted by Gasteiger charge is -2.18. The molecule has 0 bridgehead atoms. The molecule has 35 heavy (non-hydrogen) atoms. The Morgan fingerprint density at radius 1 is 1.00 bits per heavy atom. The SMILES string of the molecule is CNC(=O)c1ccc2c(ccn2-c2ccc(NC(=O)N(O)c3ccc(Cl)c(C(F)(F)F)c3)cc2)c1. The van der Waals surface area contributed by atoms with Crippen LogP contribution in [0.3, 0.4) is 0 Å². The number of aromatic nitrogens is 1. The molecule has 3 amide bonds. The zero-order valence-electron chi connectivity index (χ0n) is 18.1. The van der Waals surface area contributed by atoms with E-state index in [1.54, 1.807) is 43.4 Å². The van der Waals surface area contributed by atoms with Crippen molar-refractivity contribution in [3.63, 3.8) is 0 Å². The van der Waals surface area contributed by atoms with Gasteiger partial charge in [0.05, 0.1) is 21.8 Å². The van der Waals surface area contributed by atoms with E-state index < -0.39 is 28.5 Å². The molecule has 11 heteroatoms. The van der Waals surface area contributed by atoms with Crippen molar-refractivity contribution in [1.29, 1.82) is 0 Å². The fraction of sp³-hybridized carbons (Fsp3) is 0.0833. The molecule has 0 aliphatic heterocycles. The largest absolute Gasteiger partial charge is 0.417 e. The molecule has 4 rings (SSSR count). The highest BCUT2D eigenvalue weighted by molar-refractivity contribution is 6.31. The first-order chi connectivity index (χ1) is 16.6. The number of hydroxylamine groups is 1. The molecule has 0 radical (unpaired) electrons. The minimum Gasteiger partial charge on any atom is -0.355 e. The van der Waals surface area contributed by atoms with E-state index in [4.69, 9.17) is 11.6 Å². The number of nitrogens with one attached hydrogen (secondary N) is 2. The second-order valence-electron chi connectivity index (χ2n) is 7.49. The number of hydrogen-bond acceptors (Lipinski definition) is 3. The maximum Gasteiger partial charge on any atom is 0.417 e. The summed E-state index contributed by atoms with van der Waals surface area (Å²) in [6, 6.07) is 15.3. The van der Waals surface area contributed by atoms with Gasteiger partial charge in [-0.15, -0.1) is 0 Å². The van der Waals surface area contributed by atoms with Crippen molar-refractivity contribution in [3.8, 4) is 5.69 Å². The molecule has 1 aromatic heterocycles. The first kappa shape index (κ1) is 24.1. The van der Waals surface area contributed by atoms with Crippen molar-refractivity contribution in [2.75, 3.05) is 17.4 Å². The Kier molecular flexibility index (Phi) is 6.42. The molecule has 0 aliphatic carbocycles. The van der Waals surface area contributed by atoms with Gasteiger partial charge in [0, 0.05) is 35.6 Å². The van der Waals surface area contributed by atoms with Gasteiger partial charge in [-0.2, -0.15) is 18.2 Å². The number of hydrogen-bond donors (Lipinski definition) is 3. The Balaban J connectivity index is 1.51. The average molecular weight is 503 g/mol. The number of carbonyl (C=O) groups excluding carboxylic acids is 2. The van der Waals surface area contributed by atoms with E-state index in [0.29, 0.717) is 17.3 Å². The highest BCUT2D eigenvalue weighted by Crippen LogP contribution is 2.37. The number of amides is 3. The van der Waals surface area contributed by atoms with Crippen molar-refractivity contribution < 1.29 is 28.0 Å². The summed E-state index contributed by atoms with van der Waals surface area (Å²) in [6.45, 7) is 0. The number of alkyl halides is 3. The number of carbonyl (C=O) groups is 2. The number of fused-ring (bicyclic) bond motifs is 1. The van der Waals surface area contributed by atoms with Gasteiger partial charge in [0.25, 0.3) is 5.91 Å². The molecule has 0 spiro atoms.